The van der Waals surface area contributed by atoms with Gasteiger partial charge in [-0.25, -0.2) is 13.8 Å². The third-order valence-corrected chi connectivity index (χ3v) is 4.25. The van der Waals surface area contributed by atoms with Gasteiger partial charge in [-0.15, -0.1) is 11.3 Å². The Morgan fingerprint density at radius 3 is 2.59 bits per heavy atom. The Labute approximate surface area is 131 Å². The van der Waals surface area contributed by atoms with Gasteiger partial charge in [-0.2, -0.15) is 5.26 Å². The van der Waals surface area contributed by atoms with E-state index >= 15 is 0 Å². The molecular weight excluding hydrogens is 308 g/mol. The summed E-state index contributed by atoms with van der Waals surface area (Å²) in [4.78, 5) is 5.83. The van der Waals surface area contributed by atoms with Crippen LogP contribution in [-0.4, -0.2) is 19.1 Å². The maximum absolute atomic E-state index is 14.0. The first-order valence-electron chi connectivity index (χ1n) is 6.53. The molecule has 0 saturated carbocycles. The molecule has 0 spiro atoms. The zero-order valence-electron chi connectivity index (χ0n) is 12.4. The summed E-state index contributed by atoms with van der Waals surface area (Å²) in [5, 5.41) is 11.4. The summed E-state index contributed by atoms with van der Waals surface area (Å²) in [5.74, 6) is -1.53. The third kappa shape index (κ3) is 3.40. The van der Waals surface area contributed by atoms with Gasteiger partial charge in [0.05, 0.1) is 23.9 Å². The highest BCUT2D eigenvalue weighted by Crippen LogP contribution is 2.26. The van der Waals surface area contributed by atoms with Crippen LogP contribution in [0, 0.1) is 23.0 Å². The zero-order valence-corrected chi connectivity index (χ0v) is 13.2. The third-order valence-electron chi connectivity index (χ3n) is 3.20. The molecule has 0 fully saturated rings. The maximum Gasteiger partial charge on any atom is 0.150 e. The number of aromatic nitrogens is 1. The Balaban J connectivity index is 2.21. The first kappa shape index (κ1) is 16.3. The van der Waals surface area contributed by atoms with Crippen LogP contribution in [-0.2, 0) is 11.3 Å². The van der Waals surface area contributed by atoms with E-state index in [0.29, 0.717) is 5.69 Å². The molecule has 1 aromatic heterocycles. The first-order chi connectivity index (χ1) is 10.5. The average molecular weight is 323 g/mol. The van der Waals surface area contributed by atoms with Gasteiger partial charge in [-0.1, -0.05) is 0 Å². The van der Waals surface area contributed by atoms with Crippen molar-refractivity contribution in [1.82, 2.24) is 4.98 Å². The molecule has 0 saturated heterocycles. The monoisotopic (exact) mass is 323 g/mol. The lowest BCUT2D eigenvalue weighted by atomic mass is 10.2. The van der Waals surface area contributed by atoms with Crippen LogP contribution in [0.2, 0.25) is 0 Å². The fourth-order valence-corrected chi connectivity index (χ4v) is 2.84. The van der Waals surface area contributed by atoms with Crippen LogP contribution in [0.4, 0.5) is 14.5 Å². The van der Waals surface area contributed by atoms with Crippen LogP contribution in [0.25, 0.3) is 0 Å². The summed E-state index contributed by atoms with van der Waals surface area (Å²) < 4.78 is 33.1. The molecule has 0 N–H and O–H groups in total. The summed E-state index contributed by atoms with van der Waals surface area (Å²) in [6.07, 6.45) is -0.118. The van der Waals surface area contributed by atoms with Crippen molar-refractivity contribution in [3.63, 3.8) is 0 Å². The minimum absolute atomic E-state index is 0.0444. The molecule has 116 valence electrons. The zero-order chi connectivity index (χ0) is 16.3. The van der Waals surface area contributed by atoms with Crippen molar-refractivity contribution in [1.29, 1.82) is 5.26 Å². The summed E-state index contributed by atoms with van der Waals surface area (Å²) in [7, 11) is 3.17. The summed E-state index contributed by atoms with van der Waals surface area (Å²) in [6.45, 7) is 2.14. The molecule has 1 heterocycles. The van der Waals surface area contributed by atoms with E-state index in [1.165, 1.54) is 16.2 Å². The highest BCUT2D eigenvalue weighted by atomic mass is 32.1. The lowest BCUT2D eigenvalue weighted by Crippen LogP contribution is -2.19. The Hall–Kier alpha value is -2.04. The van der Waals surface area contributed by atoms with Crippen LogP contribution in [0.1, 0.15) is 29.3 Å². The van der Waals surface area contributed by atoms with Crippen molar-refractivity contribution in [3.8, 4) is 6.07 Å². The van der Waals surface area contributed by atoms with Gasteiger partial charge < -0.3 is 9.64 Å². The lowest BCUT2D eigenvalue weighted by Gasteiger charge is -2.19. The number of halogens is 2. The number of hydrogen-bond donors (Lipinski definition) is 0. The van der Waals surface area contributed by atoms with Gasteiger partial charge in [0.1, 0.15) is 16.8 Å². The maximum atomic E-state index is 14.0. The number of benzene rings is 1. The standard InChI is InChI=1S/C15H15F2N3OS/c1-9(21-3)15-19-11(8-22-15)7-20(2)14-12(16)4-10(6-18)5-13(14)17/h4-5,8-9H,7H2,1-3H3. The number of nitriles is 1. The van der Waals surface area contributed by atoms with Crippen LogP contribution in [0.5, 0.6) is 0 Å². The number of anilines is 1. The number of hydrogen-bond acceptors (Lipinski definition) is 5. The molecule has 1 atom stereocenters. The molecule has 4 nitrogen and oxygen atoms in total. The van der Waals surface area contributed by atoms with Gasteiger partial charge in [0.25, 0.3) is 0 Å². The molecule has 2 aromatic rings. The molecule has 0 bridgehead atoms. The number of nitrogens with zero attached hydrogens (tertiary/aromatic N) is 3. The van der Waals surface area contributed by atoms with Crippen molar-refractivity contribution in [2.75, 3.05) is 19.1 Å². The van der Waals surface area contributed by atoms with E-state index in [1.54, 1.807) is 20.2 Å². The van der Waals surface area contributed by atoms with Crippen molar-refractivity contribution >= 4 is 17.0 Å². The predicted octanol–water partition coefficient (Wildman–Crippen LogP) is 3.64. The van der Waals surface area contributed by atoms with Gasteiger partial charge in [-0.3, -0.25) is 0 Å². The number of methoxy groups -OCH3 is 1. The number of rotatable bonds is 5. The lowest BCUT2D eigenvalue weighted by molar-refractivity contribution is 0.119. The van der Waals surface area contributed by atoms with E-state index in [4.69, 9.17) is 10.00 Å². The topological polar surface area (TPSA) is 49.1 Å². The number of ether oxygens (including phenoxy) is 1. The van der Waals surface area contributed by atoms with Crippen molar-refractivity contribution in [2.24, 2.45) is 0 Å². The molecular formula is C15H15F2N3OS. The van der Waals surface area contributed by atoms with Crippen LogP contribution < -0.4 is 4.90 Å². The van der Waals surface area contributed by atoms with Crippen LogP contribution in [0.3, 0.4) is 0 Å². The molecule has 0 aliphatic rings. The summed E-state index contributed by atoms with van der Waals surface area (Å²) >= 11 is 1.44. The van der Waals surface area contributed by atoms with Crippen LogP contribution >= 0.6 is 11.3 Å². The molecule has 2 rings (SSSR count). The van der Waals surface area contributed by atoms with E-state index < -0.39 is 11.6 Å². The van der Waals surface area contributed by atoms with E-state index in [-0.39, 0.29) is 23.9 Å². The largest absolute Gasteiger partial charge is 0.375 e. The Morgan fingerprint density at radius 1 is 1.41 bits per heavy atom. The van der Waals surface area contributed by atoms with Crippen LogP contribution in [0.15, 0.2) is 17.5 Å². The van der Waals surface area contributed by atoms with E-state index in [0.717, 1.165) is 17.1 Å². The summed E-state index contributed by atoms with van der Waals surface area (Å²) in [6, 6.07) is 3.77. The second-order valence-corrected chi connectivity index (χ2v) is 5.70. The fraction of sp³-hybridized carbons (Fsp3) is 0.333. The number of thiazole rings is 1. The quantitative estimate of drug-likeness (QED) is 0.843. The fourth-order valence-electron chi connectivity index (χ4n) is 2.00. The van der Waals surface area contributed by atoms with Gasteiger partial charge in [0.2, 0.25) is 0 Å². The molecule has 0 amide bonds. The Kier molecular flexibility index (Phi) is 5.06. The summed E-state index contributed by atoms with van der Waals surface area (Å²) in [5.41, 5.74) is 0.486. The van der Waals surface area contributed by atoms with E-state index in [9.17, 15) is 8.78 Å². The molecule has 0 aliphatic heterocycles. The highest BCUT2D eigenvalue weighted by molar-refractivity contribution is 7.09. The van der Waals surface area contributed by atoms with Gasteiger partial charge in [0, 0.05) is 19.5 Å². The normalized spacial score (nSPS) is 12.0. The molecule has 1 aromatic carbocycles. The molecule has 0 aliphatic carbocycles. The minimum atomic E-state index is -0.764. The van der Waals surface area contributed by atoms with Gasteiger partial charge in [-0.05, 0) is 19.1 Å². The predicted molar refractivity (Wildman–Crippen MR) is 80.7 cm³/mol. The SMILES string of the molecule is COC(C)c1nc(CN(C)c2c(F)cc(C#N)cc2F)cs1. The first-order valence-corrected chi connectivity index (χ1v) is 7.41. The van der Waals surface area contributed by atoms with Crippen molar-refractivity contribution < 1.29 is 13.5 Å². The van der Waals surface area contributed by atoms with Gasteiger partial charge in [0.15, 0.2) is 11.6 Å². The minimum Gasteiger partial charge on any atom is -0.375 e. The molecule has 7 heteroatoms. The molecule has 22 heavy (non-hydrogen) atoms. The van der Waals surface area contributed by atoms with E-state index in [1.807, 2.05) is 12.3 Å². The molecule has 1 unspecified atom stereocenters. The average Bonchev–Trinajstić information content (AvgIpc) is 2.93. The second kappa shape index (κ2) is 6.81. The second-order valence-electron chi connectivity index (χ2n) is 4.81. The van der Waals surface area contributed by atoms with E-state index in [2.05, 4.69) is 4.98 Å². The molecule has 0 radical (unpaired) electrons. The smallest absolute Gasteiger partial charge is 0.150 e. The highest BCUT2D eigenvalue weighted by Gasteiger charge is 2.17. The van der Waals surface area contributed by atoms with Crippen molar-refractivity contribution in [3.05, 3.63) is 45.4 Å². The van der Waals surface area contributed by atoms with Crippen molar-refractivity contribution in [2.45, 2.75) is 19.6 Å². The Morgan fingerprint density at radius 2 is 2.05 bits per heavy atom. The van der Waals surface area contributed by atoms with Gasteiger partial charge >= 0.3 is 0 Å². The Bertz CT molecular complexity index is 688.